The summed E-state index contributed by atoms with van der Waals surface area (Å²) in [4.78, 5) is 37.0. The first kappa shape index (κ1) is 23.6. The number of thiophene rings is 1. The molecule has 2 amide bonds. The summed E-state index contributed by atoms with van der Waals surface area (Å²) >= 11 is 7.84. The molecule has 4 heterocycles. The Labute approximate surface area is 202 Å². The normalized spacial score (nSPS) is 17.9. The smallest absolute Gasteiger partial charge is 0.235 e. The van der Waals surface area contributed by atoms with E-state index in [0.717, 1.165) is 50.6 Å². The van der Waals surface area contributed by atoms with Crippen molar-refractivity contribution in [2.45, 2.75) is 40.7 Å². The number of nitrogens with zero attached hydrogens (tertiary/aromatic N) is 3. The summed E-state index contributed by atoms with van der Waals surface area (Å²) in [5.41, 5.74) is 9.33. The predicted molar refractivity (Wildman–Crippen MR) is 133 cm³/mol. The molecule has 3 aromatic heterocycles. The molecule has 1 fully saturated rings. The number of carbonyl (C=O) groups excluding carboxylic acids is 2. The van der Waals surface area contributed by atoms with Crippen molar-refractivity contribution in [1.29, 1.82) is 0 Å². The van der Waals surface area contributed by atoms with Gasteiger partial charge in [0, 0.05) is 29.1 Å². The van der Waals surface area contributed by atoms with Crippen LogP contribution in [0, 0.1) is 18.3 Å². The van der Waals surface area contributed by atoms with Crippen LogP contribution >= 0.6 is 22.9 Å². The number of likely N-dealkylation sites (tertiary alicyclic amines) is 1. The number of hydrogen-bond donors (Lipinski definition) is 2. The molecule has 9 heteroatoms. The third kappa shape index (κ3) is 4.23. The molecule has 0 spiro atoms. The molecule has 0 aromatic carbocycles. The molecule has 0 bridgehead atoms. The molecule has 1 aliphatic heterocycles. The highest BCUT2D eigenvalue weighted by atomic mass is 35.5. The Morgan fingerprint density at radius 1 is 1.30 bits per heavy atom. The third-order valence-electron chi connectivity index (χ3n) is 6.42. The van der Waals surface area contributed by atoms with Gasteiger partial charge in [0.05, 0.1) is 33.6 Å². The summed E-state index contributed by atoms with van der Waals surface area (Å²) in [7, 11) is 0. The zero-order valence-corrected chi connectivity index (χ0v) is 20.8. The Morgan fingerprint density at radius 3 is 2.73 bits per heavy atom. The van der Waals surface area contributed by atoms with E-state index in [1.54, 1.807) is 6.20 Å². The highest BCUT2D eigenvalue weighted by Gasteiger charge is 2.51. The largest absolute Gasteiger partial charge is 0.383 e. The number of aryl methyl sites for hydroxylation is 1. The number of aromatic nitrogens is 2. The number of rotatable bonds is 7. The van der Waals surface area contributed by atoms with Gasteiger partial charge in [0.2, 0.25) is 11.8 Å². The zero-order chi connectivity index (χ0) is 23.9. The lowest BCUT2D eigenvalue weighted by Gasteiger charge is -2.18. The summed E-state index contributed by atoms with van der Waals surface area (Å²) in [6, 6.07) is 5.70. The second-order valence-corrected chi connectivity index (χ2v) is 10.5. The average molecular weight is 486 g/mol. The SMILES string of the molecule is Cc1cc(Cl)nc(-c2ccnc3cc(CN4C(=O)C(C)C(C)(C)C4=O)sc23)c1NCCCN. The lowest BCUT2D eigenvalue weighted by atomic mass is 9.82. The van der Waals surface area contributed by atoms with Crippen LogP contribution in [0.5, 0.6) is 0 Å². The number of anilines is 1. The van der Waals surface area contributed by atoms with Gasteiger partial charge in [0.1, 0.15) is 5.15 Å². The first-order chi connectivity index (χ1) is 15.6. The number of imide groups is 1. The molecule has 3 N–H and O–H groups in total. The highest BCUT2D eigenvalue weighted by molar-refractivity contribution is 7.19. The van der Waals surface area contributed by atoms with Crippen LogP contribution in [0.3, 0.4) is 0 Å². The maximum atomic E-state index is 12.9. The lowest BCUT2D eigenvalue weighted by Crippen LogP contribution is -2.32. The Kier molecular flexibility index (Phi) is 6.44. The average Bonchev–Trinajstić information content (AvgIpc) is 3.24. The fourth-order valence-electron chi connectivity index (χ4n) is 4.10. The van der Waals surface area contributed by atoms with E-state index in [9.17, 15) is 9.59 Å². The van der Waals surface area contributed by atoms with Gasteiger partial charge < -0.3 is 11.1 Å². The number of carbonyl (C=O) groups is 2. The highest BCUT2D eigenvalue weighted by Crippen LogP contribution is 2.41. The van der Waals surface area contributed by atoms with Crippen molar-refractivity contribution in [3.8, 4) is 11.3 Å². The Balaban J connectivity index is 1.74. The van der Waals surface area contributed by atoms with Crippen LogP contribution in [-0.2, 0) is 16.1 Å². The van der Waals surface area contributed by atoms with Crippen molar-refractivity contribution in [2.24, 2.45) is 17.1 Å². The molecular weight excluding hydrogens is 458 g/mol. The summed E-state index contributed by atoms with van der Waals surface area (Å²) < 4.78 is 0.940. The van der Waals surface area contributed by atoms with Crippen molar-refractivity contribution in [3.63, 3.8) is 0 Å². The molecule has 0 radical (unpaired) electrons. The van der Waals surface area contributed by atoms with Gasteiger partial charge in [0.15, 0.2) is 0 Å². The molecule has 1 atom stereocenters. The van der Waals surface area contributed by atoms with Crippen LogP contribution in [0.15, 0.2) is 24.4 Å². The summed E-state index contributed by atoms with van der Waals surface area (Å²) in [5, 5.41) is 3.86. The lowest BCUT2D eigenvalue weighted by molar-refractivity contribution is -0.141. The Morgan fingerprint density at radius 2 is 2.06 bits per heavy atom. The molecule has 0 aliphatic carbocycles. The molecule has 3 aromatic rings. The van der Waals surface area contributed by atoms with E-state index in [0.29, 0.717) is 11.7 Å². The molecule has 7 nitrogen and oxygen atoms in total. The second kappa shape index (κ2) is 9.00. The molecule has 4 rings (SSSR count). The standard InChI is InChI=1S/C24H28ClN5O2S/c1-13-10-18(25)29-20(19(13)28-8-5-7-26)16-6-9-27-17-11-15(33-21(16)17)12-30-22(31)14(2)24(3,4)23(30)32/h6,9-11,14,28H,5,7-8,12,26H2,1-4H3. The molecule has 33 heavy (non-hydrogen) atoms. The molecular formula is C24H28ClN5O2S. The van der Waals surface area contributed by atoms with Crippen LogP contribution in [0.2, 0.25) is 5.15 Å². The van der Waals surface area contributed by atoms with Crippen LogP contribution < -0.4 is 11.1 Å². The van der Waals surface area contributed by atoms with Gasteiger partial charge in [-0.1, -0.05) is 32.4 Å². The van der Waals surface area contributed by atoms with Crippen molar-refractivity contribution in [1.82, 2.24) is 14.9 Å². The molecule has 0 saturated carbocycles. The predicted octanol–water partition coefficient (Wildman–Crippen LogP) is 4.61. The summed E-state index contributed by atoms with van der Waals surface area (Å²) in [6.07, 6.45) is 2.58. The van der Waals surface area contributed by atoms with E-state index < -0.39 is 5.41 Å². The van der Waals surface area contributed by atoms with E-state index in [2.05, 4.69) is 15.3 Å². The monoisotopic (exact) mass is 485 g/mol. The topological polar surface area (TPSA) is 101 Å². The van der Waals surface area contributed by atoms with Crippen molar-refractivity contribution >= 4 is 50.7 Å². The first-order valence-electron chi connectivity index (χ1n) is 11.0. The molecule has 1 aliphatic rings. The summed E-state index contributed by atoms with van der Waals surface area (Å²) in [6.45, 7) is 9.04. The number of nitrogens with two attached hydrogens (primary N) is 1. The first-order valence-corrected chi connectivity index (χ1v) is 12.2. The van der Waals surface area contributed by atoms with E-state index in [1.165, 1.54) is 16.2 Å². The minimum absolute atomic E-state index is 0.130. The zero-order valence-electron chi connectivity index (χ0n) is 19.2. The van der Waals surface area contributed by atoms with E-state index in [1.807, 2.05) is 45.9 Å². The molecule has 1 saturated heterocycles. The van der Waals surface area contributed by atoms with Gasteiger partial charge in [-0.2, -0.15) is 0 Å². The fourth-order valence-corrected chi connectivity index (χ4v) is 5.46. The van der Waals surface area contributed by atoms with Gasteiger partial charge in [-0.25, -0.2) is 4.98 Å². The fraction of sp³-hybridized carbons (Fsp3) is 0.417. The Hall–Kier alpha value is -2.55. The minimum Gasteiger partial charge on any atom is -0.383 e. The van der Waals surface area contributed by atoms with Gasteiger partial charge >= 0.3 is 0 Å². The van der Waals surface area contributed by atoms with Gasteiger partial charge in [0.25, 0.3) is 0 Å². The number of hydrogen-bond acceptors (Lipinski definition) is 7. The molecule has 174 valence electrons. The summed E-state index contributed by atoms with van der Waals surface area (Å²) in [5.74, 6) is -0.604. The number of fused-ring (bicyclic) bond motifs is 1. The molecule has 1 unspecified atom stereocenters. The van der Waals surface area contributed by atoms with E-state index >= 15 is 0 Å². The third-order valence-corrected chi connectivity index (χ3v) is 7.75. The maximum absolute atomic E-state index is 12.9. The van der Waals surface area contributed by atoms with Crippen LogP contribution in [0.1, 0.15) is 37.6 Å². The van der Waals surface area contributed by atoms with E-state index in [4.69, 9.17) is 17.3 Å². The number of nitrogens with one attached hydrogen (secondary N) is 1. The maximum Gasteiger partial charge on any atom is 0.235 e. The van der Waals surface area contributed by atoms with Crippen LogP contribution in [0.25, 0.3) is 21.5 Å². The minimum atomic E-state index is -0.691. The van der Waals surface area contributed by atoms with Gasteiger partial charge in [-0.15, -0.1) is 11.3 Å². The second-order valence-electron chi connectivity index (χ2n) is 9.01. The quantitative estimate of drug-likeness (QED) is 0.288. The van der Waals surface area contributed by atoms with Gasteiger partial charge in [-0.05, 0) is 43.7 Å². The number of amides is 2. The van der Waals surface area contributed by atoms with Crippen molar-refractivity contribution in [3.05, 3.63) is 40.0 Å². The van der Waals surface area contributed by atoms with Crippen LogP contribution in [-0.4, -0.2) is 39.8 Å². The number of pyridine rings is 2. The Bertz CT molecular complexity index is 1240. The van der Waals surface area contributed by atoms with E-state index in [-0.39, 0.29) is 24.3 Å². The van der Waals surface area contributed by atoms with Crippen molar-refractivity contribution in [2.75, 3.05) is 18.4 Å². The van der Waals surface area contributed by atoms with Crippen molar-refractivity contribution < 1.29 is 9.59 Å². The number of halogens is 1. The van der Waals surface area contributed by atoms with Crippen LogP contribution in [0.4, 0.5) is 5.69 Å². The van der Waals surface area contributed by atoms with Gasteiger partial charge in [-0.3, -0.25) is 19.5 Å².